The number of anilines is 1. The summed E-state index contributed by atoms with van der Waals surface area (Å²) < 4.78 is 12.5. The number of nitrogens with zero attached hydrogens (tertiary/aromatic N) is 3. The first-order valence-corrected chi connectivity index (χ1v) is 12.0. The maximum absolute atomic E-state index is 14.1. The van der Waals surface area contributed by atoms with Crippen LogP contribution in [-0.4, -0.2) is 41.4 Å². The number of fused-ring (bicyclic) bond motifs is 1. The summed E-state index contributed by atoms with van der Waals surface area (Å²) in [5.41, 5.74) is 2.13. The van der Waals surface area contributed by atoms with Gasteiger partial charge in [0, 0.05) is 30.3 Å². The van der Waals surface area contributed by atoms with Gasteiger partial charge in [-0.05, 0) is 18.6 Å². The summed E-state index contributed by atoms with van der Waals surface area (Å²) in [5, 5.41) is 7.72. The average Bonchev–Trinajstić information content (AvgIpc) is 3.36. The fourth-order valence-corrected chi connectivity index (χ4v) is 4.63. The van der Waals surface area contributed by atoms with E-state index in [1.807, 2.05) is 60.7 Å². The lowest BCUT2D eigenvalue weighted by Gasteiger charge is -2.43. The number of hydrogen-bond acceptors (Lipinski definition) is 5. The van der Waals surface area contributed by atoms with E-state index in [9.17, 15) is 9.59 Å². The van der Waals surface area contributed by atoms with Crippen LogP contribution in [0.15, 0.2) is 84.9 Å². The number of carbonyl (C=O) groups excluding carboxylic acids is 2. The molecule has 1 aliphatic rings. The third-order valence-electron chi connectivity index (χ3n) is 6.60. The standard InChI is InChI=1S/C29H28N4O4/c1-29(28(35)30-18-20-10-6-4-7-11-20)19-32-26(17-25(31-32)21-12-8-5-9-13-21)27(34)33(29)22-14-23(36-2)16-24(15-22)37-3/h4-17H,18-19H2,1-3H3,(H,30,35)/t29-/m0/s1. The van der Waals surface area contributed by atoms with Gasteiger partial charge in [0.1, 0.15) is 22.7 Å². The Morgan fingerprint density at radius 3 is 2.19 bits per heavy atom. The molecular weight excluding hydrogens is 468 g/mol. The molecule has 2 heterocycles. The minimum Gasteiger partial charge on any atom is -0.497 e. The first kappa shape index (κ1) is 24.1. The van der Waals surface area contributed by atoms with Gasteiger partial charge in [0.2, 0.25) is 5.91 Å². The minimum absolute atomic E-state index is 0.168. The summed E-state index contributed by atoms with van der Waals surface area (Å²) in [7, 11) is 3.09. The number of nitrogens with one attached hydrogen (secondary N) is 1. The fourth-order valence-electron chi connectivity index (χ4n) is 4.63. The Morgan fingerprint density at radius 1 is 0.946 bits per heavy atom. The first-order valence-electron chi connectivity index (χ1n) is 12.0. The molecule has 0 aliphatic carbocycles. The summed E-state index contributed by atoms with van der Waals surface area (Å²) in [4.78, 5) is 29.4. The molecule has 0 unspecified atom stereocenters. The summed E-state index contributed by atoms with van der Waals surface area (Å²) >= 11 is 0. The molecule has 0 saturated heterocycles. The third kappa shape index (κ3) is 4.53. The van der Waals surface area contributed by atoms with Crippen molar-refractivity contribution in [1.29, 1.82) is 0 Å². The molecule has 0 spiro atoms. The highest BCUT2D eigenvalue weighted by molar-refractivity contribution is 6.12. The Labute approximate surface area is 215 Å². The summed E-state index contributed by atoms with van der Waals surface area (Å²) in [5.74, 6) is 0.388. The number of methoxy groups -OCH3 is 2. The molecule has 37 heavy (non-hydrogen) atoms. The van der Waals surface area contributed by atoms with Crippen LogP contribution in [0.3, 0.4) is 0 Å². The van der Waals surface area contributed by atoms with Gasteiger partial charge in [-0.25, -0.2) is 0 Å². The van der Waals surface area contributed by atoms with E-state index in [-0.39, 0.29) is 18.4 Å². The van der Waals surface area contributed by atoms with Crippen LogP contribution in [0.2, 0.25) is 0 Å². The SMILES string of the molecule is COc1cc(OC)cc(N2C(=O)c3cc(-c4ccccc4)nn3C[C@@]2(C)C(=O)NCc2ccccc2)c1. The second-order valence-electron chi connectivity index (χ2n) is 9.09. The third-order valence-corrected chi connectivity index (χ3v) is 6.60. The van der Waals surface area contributed by atoms with E-state index < -0.39 is 5.54 Å². The van der Waals surface area contributed by atoms with Gasteiger partial charge in [-0.15, -0.1) is 0 Å². The number of aromatic nitrogens is 2. The van der Waals surface area contributed by atoms with Crippen LogP contribution in [0.25, 0.3) is 11.3 Å². The molecule has 0 saturated carbocycles. The van der Waals surface area contributed by atoms with Gasteiger partial charge in [-0.1, -0.05) is 60.7 Å². The van der Waals surface area contributed by atoms with E-state index in [0.717, 1.165) is 11.1 Å². The second kappa shape index (κ2) is 9.81. The van der Waals surface area contributed by atoms with Crippen molar-refractivity contribution in [1.82, 2.24) is 15.1 Å². The highest BCUT2D eigenvalue weighted by atomic mass is 16.5. The van der Waals surface area contributed by atoms with Crippen LogP contribution in [0.4, 0.5) is 5.69 Å². The zero-order valence-corrected chi connectivity index (χ0v) is 21.0. The van der Waals surface area contributed by atoms with Crippen molar-refractivity contribution < 1.29 is 19.1 Å². The van der Waals surface area contributed by atoms with Crippen LogP contribution in [0.5, 0.6) is 11.5 Å². The van der Waals surface area contributed by atoms with Gasteiger partial charge in [0.05, 0.1) is 32.1 Å². The second-order valence-corrected chi connectivity index (χ2v) is 9.09. The molecule has 8 nitrogen and oxygen atoms in total. The van der Waals surface area contributed by atoms with Crippen molar-refractivity contribution in [3.63, 3.8) is 0 Å². The highest BCUT2D eigenvalue weighted by Crippen LogP contribution is 2.37. The molecule has 1 N–H and O–H groups in total. The van der Waals surface area contributed by atoms with Crippen LogP contribution in [0, 0.1) is 0 Å². The van der Waals surface area contributed by atoms with Crippen LogP contribution < -0.4 is 19.7 Å². The molecule has 0 radical (unpaired) electrons. The van der Waals surface area contributed by atoms with Crippen LogP contribution >= 0.6 is 0 Å². The minimum atomic E-state index is -1.28. The Balaban J connectivity index is 1.59. The van der Waals surface area contributed by atoms with Gasteiger partial charge in [-0.3, -0.25) is 19.2 Å². The molecule has 3 aromatic carbocycles. The normalized spacial score (nSPS) is 16.7. The quantitative estimate of drug-likeness (QED) is 0.412. The first-order chi connectivity index (χ1) is 17.9. The Bertz CT molecular complexity index is 1410. The Hall–Kier alpha value is -4.59. The number of rotatable bonds is 7. The smallest absolute Gasteiger partial charge is 0.277 e. The fraction of sp³-hybridized carbons (Fsp3) is 0.207. The molecule has 5 rings (SSSR count). The summed E-state index contributed by atoms with van der Waals surface area (Å²) in [6.45, 7) is 2.25. The maximum atomic E-state index is 14.1. The van der Waals surface area contributed by atoms with E-state index >= 15 is 0 Å². The molecule has 0 bridgehead atoms. The molecule has 4 aromatic rings. The predicted molar refractivity (Wildman–Crippen MR) is 141 cm³/mol. The van der Waals surface area contributed by atoms with Gasteiger partial charge in [0.25, 0.3) is 5.91 Å². The van der Waals surface area contributed by atoms with E-state index in [0.29, 0.717) is 35.1 Å². The number of benzene rings is 3. The molecule has 0 fully saturated rings. The van der Waals surface area contributed by atoms with Gasteiger partial charge >= 0.3 is 0 Å². The Kier molecular flexibility index (Phi) is 6.40. The van der Waals surface area contributed by atoms with Gasteiger partial charge in [0.15, 0.2) is 0 Å². The van der Waals surface area contributed by atoms with Crippen LogP contribution in [0.1, 0.15) is 23.0 Å². The molecular formula is C29H28N4O4. The van der Waals surface area contributed by atoms with Gasteiger partial charge < -0.3 is 14.8 Å². The lowest BCUT2D eigenvalue weighted by atomic mass is 9.93. The average molecular weight is 497 g/mol. The van der Waals surface area contributed by atoms with E-state index in [1.54, 1.807) is 50.1 Å². The summed E-state index contributed by atoms with van der Waals surface area (Å²) in [6, 6.07) is 26.2. The van der Waals surface area contributed by atoms with E-state index in [2.05, 4.69) is 5.32 Å². The number of amides is 2. The van der Waals surface area contributed by atoms with Gasteiger partial charge in [-0.2, -0.15) is 5.10 Å². The van der Waals surface area contributed by atoms with Crippen molar-refractivity contribution >= 4 is 17.5 Å². The largest absolute Gasteiger partial charge is 0.497 e. The zero-order chi connectivity index (χ0) is 26.0. The van der Waals surface area contributed by atoms with Crippen molar-refractivity contribution in [2.75, 3.05) is 19.1 Å². The van der Waals surface area contributed by atoms with Crippen molar-refractivity contribution in [2.45, 2.75) is 25.6 Å². The molecule has 1 aliphatic heterocycles. The number of ether oxygens (including phenoxy) is 2. The van der Waals surface area contributed by atoms with E-state index in [4.69, 9.17) is 14.6 Å². The lowest BCUT2D eigenvalue weighted by molar-refractivity contribution is -0.126. The molecule has 8 heteroatoms. The number of hydrogen-bond donors (Lipinski definition) is 1. The molecule has 1 aromatic heterocycles. The van der Waals surface area contributed by atoms with Crippen molar-refractivity contribution in [3.8, 4) is 22.8 Å². The van der Waals surface area contributed by atoms with E-state index in [1.165, 1.54) is 4.90 Å². The molecule has 188 valence electrons. The predicted octanol–water partition coefficient (Wildman–Crippen LogP) is 4.30. The molecule has 2 amide bonds. The highest BCUT2D eigenvalue weighted by Gasteiger charge is 2.49. The summed E-state index contributed by atoms with van der Waals surface area (Å²) in [6.07, 6.45) is 0. The molecule has 1 atom stereocenters. The lowest BCUT2D eigenvalue weighted by Crippen LogP contribution is -2.64. The van der Waals surface area contributed by atoms with Crippen LogP contribution in [-0.2, 0) is 17.9 Å². The zero-order valence-electron chi connectivity index (χ0n) is 21.0. The number of carbonyl (C=O) groups is 2. The van der Waals surface area contributed by atoms with Crippen molar-refractivity contribution in [2.24, 2.45) is 0 Å². The topological polar surface area (TPSA) is 85.7 Å². The monoisotopic (exact) mass is 496 g/mol. The Morgan fingerprint density at radius 2 is 1.57 bits per heavy atom. The maximum Gasteiger partial charge on any atom is 0.277 e. The van der Waals surface area contributed by atoms with Crippen molar-refractivity contribution in [3.05, 3.63) is 96.2 Å².